The first kappa shape index (κ1) is 19.7. The Hall–Kier alpha value is -2.59. The van der Waals surface area contributed by atoms with E-state index in [1.807, 2.05) is 6.07 Å². The lowest BCUT2D eigenvalue weighted by Gasteiger charge is -2.10. The van der Waals surface area contributed by atoms with Crippen LogP contribution in [0.3, 0.4) is 0 Å². The van der Waals surface area contributed by atoms with Crippen molar-refractivity contribution in [3.05, 3.63) is 54.1 Å². The van der Waals surface area contributed by atoms with Crippen molar-refractivity contribution in [2.75, 3.05) is 11.9 Å². The van der Waals surface area contributed by atoms with Gasteiger partial charge in [0.15, 0.2) is 0 Å². The zero-order chi connectivity index (χ0) is 18.8. The number of benzene rings is 2. The average Bonchev–Trinajstić information content (AvgIpc) is 2.63. The maximum absolute atomic E-state index is 12.5. The molecule has 2 aromatic rings. The molecule has 4 nitrogen and oxygen atoms in total. The van der Waals surface area contributed by atoms with E-state index >= 15 is 0 Å². The smallest absolute Gasteiger partial charge is 0.288 e. The number of hydrogen-bond acceptors (Lipinski definition) is 4. The number of anilines is 1. The first-order chi connectivity index (χ1) is 12.6. The van der Waals surface area contributed by atoms with Crippen LogP contribution in [-0.2, 0) is 4.79 Å². The Labute approximate surface area is 155 Å². The normalized spacial score (nSPS) is 10.4. The monoisotopic (exact) mass is 376 g/mol. The van der Waals surface area contributed by atoms with Gasteiger partial charge in [-0.2, -0.15) is 14.0 Å². The fraction of sp³-hybridized carbons (Fsp3) is 0.263. The maximum atomic E-state index is 12.5. The fourth-order valence-electron chi connectivity index (χ4n) is 2.21. The quantitative estimate of drug-likeness (QED) is 0.491. The fourth-order valence-corrected chi connectivity index (χ4v) is 2.81. The molecule has 0 radical (unpaired) electrons. The molecule has 0 aliphatic carbocycles. The van der Waals surface area contributed by atoms with Crippen LogP contribution >= 0.6 is 11.8 Å². The SMILES string of the molecule is N#Cc1cccc(OCCCCC(=O)Nc2ccccc2SC(F)F)c1. The third-order valence-electron chi connectivity index (χ3n) is 3.41. The number of para-hydroxylation sites is 1. The number of unbranched alkanes of at least 4 members (excludes halogenated alkanes) is 1. The topological polar surface area (TPSA) is 62.1 Å². The Morgan fingerprint density at radius 2 is 2.00 bits per heavy atom. The molecule has 0 saturated carbocycles. The highest BCUT2D eigenvalue weighted by molar-refractivity contribution is 7.99. The minimum absolute atomic E-state index is 0.223. The Bertz CT molecular complexity index is 778. The van der Waals surface area contributed by atoms with Gasteiger partial charge in [0.1, 0.15) is 5.75 Å². The van der Waals surface area contributed by atoms with Crippen LogP contribution in [0, 0.1) is 11.3 Å². The second-order valence-corrected chi connectivity index (χ2v) is 6.40. The number of nitriles is 1. The van der Waals surface area contributed by atoms with E-state index in [-0.39, 0.29) is 12.3 Å². The summed E-state index contributed by atoms with van der Waals surface area (Å²) in [7, 11) is 0. The van der Waals surface area contributed by atoms with Gasteiger partial charge >= 0.3 is 0 Å². The van der Waals surface area contributed by atoms with Gasteiger partial charge in [0.05, 0.1) is 23.9 Å². The maximum Gasteiger partial charge on any atom is 0.288 e. The molecule has 1 amide bonds. The molecule has 0 aliphatic heterocycles. The van der Waals surface area contributed by atoms with Crippen LogP contribution in [0.4, 0.5) is 14.5 Å². The number of halogens is 2. The van der Waals surface area contributed by atoms with E-state index in [4.69, 9.17) is 10.00 Å². The number of nitrogens with zero attached hydrogens (tertiary/aromatic N) is 1. The van der Waals surface area contributed by atoms with E-state index in [9.17, 15) is 13.6 Å². The summed E-state index contributed by atoms with van der Waals surface area (Å²) >= 11 is 0.409. The van der Waals surface area contributed by atoms with Gasteiger partial charge in [-0.15, -0.1) is 0 Å². The van der Waals surface area contributed by atoms with Gasteiger partial charge < -0.3 is 10.1 Å². The van der Waals surface area contributed by atoms with Crippen molar-refractivity contribution in [2.24, 2.45) is 0 Å². The molecule has 0 bridgehead atoms. The van der Waals surface area contributed by atoms with E-state index in [0.29, 0.717) is 53.1 Å². The number of rotatable bonds is 9. The number of thioether (sulfide) groups is 1. The van der Waals surface area contributed by atoms with Crippen LogP contribution in [0.2, 0.25) is 0 Å². The molecule has 1 N–H and O–H groups in total. The molecule has 0 heterocycles. The van der Waals surface area contributed by atoms with Crippen LogP contribution in [0.25, 0.3) is 0 Å². The number of hydrogen-bond donors (Lipinski definition) is 1. The summed E-state index contributed by atoms with van der Waals surface area (Å²) in [6.45, 7) is 0.431. The van der Waals surface area contributed by atoms with Crippen molar-refractivity contribution in [2.45, 2.75) is 29.9 Å². The molecule has 0 unspecified atom stereocenters. The van der Waals surface area contributed by atoms with Gasteiger partial charge in [-0.05, 0) is 43.2 Å². The molecular weight excluding hydrogens is 358 g/mol. The predicted molar refractivity (Wildman–Crippen MR) is 97.4 cm³/mol. The van der Waals surface area contributed by atoms with Gasteiger partial charge in [-0.25, -0.2) is 0 Å². The summed E-state index contributed by atoms with van der Waals surface area (Å²) in [5.74, 6) is -2.14. The van der Waals surface area contributed by atoms with Crippen molar-refractivity contribution >= 4 is 23.4 Å². The molecule has 0 aromatic heterocycles. The second kappa shape index (κ2) is 10.4. The van der Waals surface area contributed by atoms with Gasteiger partial charge in [-0.3, -0.25) is 4.79 Å². The largest absolute Gasteiger partial charge is 0.494 e. The zero-order valence-corrected chi connectivity index (χ0v) is 14.8. The third kappa shape index (κ3) is 6.73. The third-order valence-corrected chi connectivity index (χ3v) is 4.20. The van der Waals surface area contributed by atoms with Gasteiger partial charge in [0, 0.05) is 11.3 Å². The Morgan fingerprint density at radius 3 is 2.77 bits per heavy atom. The molecule has 0 atom stereocenters. The first-order valence-corrected chi connectivity index (χ1v) is 8.93. The average molecular weight is 376 g/mol. The summed E-state index contributed by atoms with van der Waals surface area (Å²) in [5, 5.41) is 11.5. The molecule has 0 spiro atoms. The first-order valence-electron chi connectivity index (χ1n) is 8.05. The molecule has 2 aromatic carbocycles. The number of ether oxygens (including phenoxy) is 1. The van der Waals surface area contributed by atoms with E-state index in [1.54, 1.807) is 48.5 Å². The zero-order valence-electron chi connectivity index (χ0n) is 14.0. The van der Waals surface area contributed by atoms with E-state index in [2.05, 4.69) is 5.32 Å². The number of nitrogens with one attached hydrogen (secondary N) is 1. The molecular formula is C19H18F2N2O2S. The molecule has 7 heteroatoms. The summed E-state index contributed by atoms with van der Waals surface area (Å²) < 4.78 is 30.6. The summed E-state index contributed by atoms with van der Waals surface area (Å²) in [5.41, 5.74) is 0.926. The number of carbonyl (C=O) groups is 1. The minimum atomic E-state index is -2.54. The van der Waals surface area contributed by atoms with Crippen molar-refractivity contribution in [3.8, 4) is 11.8 Å². The number of alkyl halides is 2. The number of carbonyl (C=O) groups excluding carboxylic acids is 1. The van der Waals surface area contributed by atoms with Gasteiger partial charge in [0.25, 0.3) is 5.76 Å². The Balaban J connectivity index is 1.72. The number of amides is 1. The van der Waals surface area contributed by atoms with Gasteiger partial charge in [-0.1, -0.05) is 30.0 Å². The standard InChI is InChI=1S/C19H18F2N2O2S/c20-19(21)26-17-9-2-1-8-16(17)23-18(24)10-3-4-11-25-15-7-5-6-14(12-15)13-22/h1-2,5-9,12,19H,3-4,10-11H2,(H,23,24). The molecule has 0 saturated heterocycles. The lowest BCUT2D eigenvalue weighted by Crippen LogP contribution is -2.12. The Kier molecular flexibility index (Phi) is 7.90. The summed E-state index contributed by atoms with van der Waals surface area (Å²) in [6.07, 6.45) is 1.54. The molecule has 26 heavy (non-hydrogen) atoms. The highest BCUT2D eigenvalue weighted by Crippen LogP contribution is 2.31. The summed E-state index contributed by atoms with van der Waals surface area (Å²) in [6, 6.07) is 15.4. The minimum Gasteiger partial charge on any atom is -0.494 e. The van der Waals surface area contributed by atoms with Gasteiger partial charge in [0.2, 0.25) is 5.91 Å². The Morgan fingerprint density at radius 1 is 1.19 bits per heavy atom. The van der Waals surface area contributed by atoms with Crippen LogP contribution < -0.4 is 10.1 Å². The van der Waals surface area contributed by atoms with Crippen LogP contribution in [0.5, 0.6) is 5.75 Å². The van der Waals surface area contributed by atoms with E-state index in [1.165, 1.54) is 0 Å². The molecule has 2 rings (SSSR count). The van der Waals surface area contributed by atoms with Crippen molar-refractivity contribution < 1.29 is 18.3 Å². The highest BCUT2D eigenvalue weighted by atomic mass is 32.2. The second-order valence-electron chi connectivity index (χ2n) is 5.37. The summed E-state index contributed by atoms with van der Waals surface area (Å²) in [4.78, 5) is 12.3. The van der Waals surface area contributed by atoms with Crippen molar-refractivity contribution in [3.63, 3.8) is 0 Å². The van der Waals surface area contributed by atoms with E-state index in [0.717, 1.165) is 0 Å². The predicted octanol–water partition coefficient (Wildman–Crippen LogP) is 5.06. The molecule has 0 fully saturated rings. The highest BCUT2D eigenvalue weighted by Gasteiger charge is 2.11. The van der Waals surface area contributed by atoms with E-state index < -0.39 is 5.76 Å². The molecule has 136 valence electrons. The van der Waals surface area contributed by atoms with Crippen molar-refractivity contribution in [1.29, 1.82) is 5.26 Å². The molecule has 0 aliphatic rings. The lowest BCUT2D eigenvalue weighted by atomic mass is 10.2. The lowest BCUT2D eigenvalue weighted by molar-refractivity contribution is -0.116. The van der Waals surface area contributed by atoms with Crippen LogP contribution in [0.15, 0.2) is 53.4 Å². The van der Waals surface area contributed by atoms with Crippen LogP contribution in [0.1, 0.15) is 24.8 Å². The van der Waals surface area contributed by atoms with Crippen molar-refractivity contribution in [1.82, 2.24) is 0 Å². The van der Waals surface area contributed by atoms with Crippen LogP contribution in [-0.4, -0.2) is 18.3 Å².